The molecule has 2 aliphatic rings. The zero-order chi connectivity index (χ0) is 12.5. The Morgan fingerprint density at radius 1 is 1.00 bits per heavy atom. The molecule has 0 aromatic heterocycles. The Morgan fingerprint density at radius 3 is 2.78 bits per heavy atom. The molecule has 0 saturated carbocycles. The van der Waals surface area contributed by atoms with Gasteiger partial charge >= 0.3 is 0 Å². The Balaban J connectivity index is 2.25. The van der Waals surface area contributed by atoms with Gasteiger partial charge in [0.15, 0.2) is 0 Å². The Labute approximate surface area is 107 Å². The minimum atomic E-state index is 0.351. The lowest BCUT2D eigenvalue weighted by Gasteiger charge is -2.17. The molecule has 0 radical (unpaired) electrons. The highest BCUT2D eigenvalue weighted by atomic mass is 16.3. The summed E-state index contributed by atoms with van der Waals surface area (Å²) in [4.78, 5) is 0. The van der Waals surface area contributed by atoms with Crippen molar-refractivity contribution in [3.8, 4) is 5.75 Å². The molecule has 1 aromatic carbocycles. The van der Waals surface area contributed by atoms with Gasteiger partial charge in [-0.2, -0.15) is 0 Å². The maximum atomic E-state index is 9.90. The van der Waals surface area contributed by atoms with Crippen molar-refractivity contribution in [1.82, 2.24) is 0 Å². The number of phenols is 1. The maximum absolute atomic E-state index is 9.90. The van der Waals surface area contributed by atoms with Gasteiger partial charge in [-0.1, -0.05) is 55.2 Å². The first-order chi connectivity index (χ1) is 8.74. The van der Waals surface area contributed by atoms with Crippen LogP contribution in [0.4, 0.5) is 0 Å². The first kappa shape index (κ1) is 10.8. The topological polar surface area (TPSA) is 20.2 Å². The van der Waals surface area contributed by atoms with Crippen LogP contribution in [-0.2, 0) is 6.42 Å². The first-order valence-electron chi connectivity index (χ1n) is 6.01. The molecule has 1 N–H and O–H groups in total. The first-order valence-corrected chi connectivity index (χ1v) is 6.01. The standard InChI is InChI=1S/C17H14O/c1-12-3-2-4-13-6-9-15-16(11-13)14(7-5-12)8-10-17(15)18/h2-10,18H,1,11H2/b3-2-,7-5-,13-4-. The third-order valence-corrected chi connectivity index (χ3v) is 3.31. The molecular formula is C17H14O. The highest BCUT2D eigenvalue weighted by Gasteiger charge is 2.14. The molecule has 0 spiro atoms. The Hall–Kier alpha value is -2.28. The van der Waals surface area contributed by atoms with Gasteiger partial charge in [-0.05, 0) is 34.8 Å². The summed E-state index contributed by atoms with van der Waals surface area (Å²) < 4.78 is 0. The van der Waals surface area contributed by atoms with E-state index in [1.54, 1.807) is 6.07 Å². The zero-order valence-electron chi connectivity index (χ0n) is 10.1. The zero-order valence-corrected chi connectivity index (χ0v) is 10.1. The van der Waals surface area contributed by atoms with Gasteiger partial charge < -0.3 is 5.11 Å². The predicted molar refractivity (Wildman–Crippen MR) is 76.2 cm³/mol. The van der Waals surface area contributed by atoms with E-state index in [-0.39, 0.29) is 0 Å². The van der Waals surface area contributed by atoms with Gasteiger partial charge in [0.1, 0.15) is 5.75 Å². The molecule has 0 fully saturated rings. The average molecular weight is 234 g/mol. The molecule has 0 heterocycles. The maximum Gasteiger partial charge on any atom is 0.123 e. The van der Waals surface area contributed by atoms with Crippen LogP contribution in [0, 0.1) is 0 Å². The third-order valence-electron chi connectivity index (χ3n) is 3.31. The number of benzene rings is 1. The minimum Gasteiger partial charge on any atom is -0.507 e. The van der Waals surface area contributed by atoms with Crippen LogP contribution in [0.1, 0.15) is 16.7 Å². The number of phenolic OH excluding ortho intramolecular Hbond substituents is 1. The van der Waals surface area contributed by atoms with Gasteiger partial charge in [-0.25, -0.2) is 0 Å². The van der Waals surface area contributed by atoms with Crippen LogP contribution in [0.3, 0.4) is 0 Å². The second kappa shape index (κ2) is 4.19. The SMILES string of the molecule is C=C1/C=C\C=C2\C=Cc3c(O)ccc(c3C2)/C=C\1. The second-order valence-corrected chi connectivity index (χ2v) is 4.59. The van der Waals surface area contributed by atoms with Gasteiger partial charge in [0.2, 0.25) is 0 Å². The summed E-state index contributed by atoms with van der Waals surface area (Å²) in [5.41, 5.74) is 5.48. The minimum absolute atomic E-state index is 0.351. The molecular weight excluding hydrogens is 220 g/mol. The monoisotopic (exact) mass is 234 g/mol. The average Bonchev–Trinajstić information content (AvgIpc) is 2.38. The summed E-state index contributed by atoms with van der Waals surface area (Å²) in [5.74, 6) is 0.351. The quantitative estimate of drug-likeness (QED) is 0.718. The molecule has 18 heavy (non-hydrogen) atoms. The normalized spacial score (nSPS) is 23.1. The fourth-order valence-electron chi connectivity index (χ4n) is 2.32. The Kier molecular flexibility index (Phi) is 2.52. The van der Waals surface area contributed by atoms with Crippen LogP contribution >= 0.6 is 0 Å². The largest absolute Gasteiger partial charge is 0.507 e. The van der Waals surface area contributed by atoms with Gasteiger partial charge in [0.05, 0.1) is 0 Å². The predicted octanol–water partition coefficient (Wildman–Crippen LogP) is 4.03. The molecule has 0 saturated heterocycles. The smallest absolute Gasteiger partial charge is 0.123 e. The molecule has 0 atom stereocenters. The molecule has 1 aromatic rings. The Bertz CT molecular complexity index is 640. The third kappa shape index (κ3) is 1.84. The van der Waals surface area contributed by atoms with Gasteiger partial charge in [-0.15, -0.1) is 0 Å². The summed E-state index contributed by atoms with van der Waals surface area (Å²) in [6, 6.07) is 3.71. The van der Waals surface area contributed by atoms with Crippen LogP contribution in [0.15, 0.2) is 60.2 Å². The number of allylic oxidation sites excluding steroid dienone is 7. The molecule has 1 heteroatoms. The summed E-state index contributed by atoms with van der Waals surface area (Å²) in [6.07, 6.45) is 15.1. The van der Waals surface area contributed by atoms with E-state index in [9.17, 15) is 5.11 Å². The molecule has 2 aliphatic carbocycles. The summed E-state index contributed by atoms with van der Waals surface area (Å²) in [7, 11) is 0. The van der Waals surface area contributed by atoms with Crippen molar-refractivity contribution >= 4 is 12.2 Å². The van der Waals surface area contributed by atoms with Crippen LogP contribution in [0.2, 0.25) is 0 Å². The number of rotatable bonds is 0. The number of hydrogen-bond donors (Lipinski definition) is 1. The molecule has 0 aliphatic heterocycles. The molecule has 1 nitrogen and oxygen atoms in total. The fraction of sp³-hybridized carbons (Fsp3) is 0.0588. The van der Waals surface area contributed by atoms with E-state index in [1.807, 2.05) is 30.4 Å². The van der Waals surface area contributed by atoms with E-state index in [1.165, 1.54) is 11.1 Å². The van der Waals surface area contributed by atoms with Crippen molar-refractivity contribution in [3.63, 3.8) is 0 Å². The van der Waals surface area contributed by atoms with Crippen molar-refractivity contribution in [2.75, 3.05) is 0 Å². The van der Waals surface area contributed by atoms with Gasteiger partial charge in [0, 0.05) is 5.56 Å². The van der Waals surface area contributed by atoms with E-state index in [0.717, 1.165) is 23.1 Å². The van der Waals surface area contributed by atoms with Crippen LogP contribution < -0.4 is 0 Å². The van der Waals surface area contributed by atoms with Gasteiger partial charge in [-0.3, -0.25) is 0 Å². The van der Waals surface area contributed by atoms with Crippen LogP contribution in [0.25, 0.3) is 12.2 Å². The van der Waals surface area contributed by atoms with Crippen molar-refractivity contribution in [3.05, 3.63) is 76.9 Å². The molecule has 88 valence electrons. The molecule has 3 rings (SSSR count). The second-order valence-electron chi connectivity index (χ2n) is 4.59. The molecule has 2 bridgehead atoms. The van der Waals surface area contributed by atoms with Crippen molar-refractivity contribution in [2.24, 2.45) is 0 Å². The van der Waals surface area contributed by atoms with Crippen molar-refractivity contribution < 1.29 is 5.11 Å². The lowest BCUT2D eigenvalue weighted by molar-refractivity contribution is 0.473. The van der Waals surface area contributed by atoms with E-state index >= 15 is 0 Å². The highest BCUT2D eigenvalue weighted by Crippen LogP contribution is 2.33. The molecule has 0 unspecified atom stereocenters. The summed E-state index contributed by atoms with van der Waals surface area (Å²) >= 11 is 0. The van der Waals surface area contributed by atoms with Crippen LogP contribution in [-0.4, -0.2) is 5.11 Å². The van der Waals surface area contributed by atoms with E-state index in [0.29, 0.717) is 5.75 Å². The van der Waals surface area contributed by atoms with E-state index in [2.05, 4.69) is 24.8 Å². The number of aromatic hydroxyl groups is 1. The van der Waals surface area contributed by atoms with E-state index in [4.69, 9.17) is 0 Å². The summed E-state index contributed by atoms with van der Waals surface area (Å²) in [6.45, 7) is 3.97. The molecule has 0 amide bonds. The lowest BCUT2D eigenvalue weighted by Crippen LogP contribution is -2.01. The summed E-state index contributed by atoms with van der Waals surface area (Å²) in [5, 5.41) is 9.90. The van der Waals surface area contributed by atoms with Crippen molar-refractivity contribution in [2.45, 2.75) is 6.42 Å². The number of fused-ring (bicyclic) bond motifs is 1. The van der Waals surface area contributed by atoms with Gasteiger partial charge in [0.25, 0.3) is 0 Å². The fourth-order valence-corrected chi connectivity index (χ4v) is 2.32. The Morgan fingerprint density at radius 2 is 1.89 bits per heavy atom. The lowest BCUT2D eigenvalue weighted by atomic mass is 9.88. The van der Waals surface area contributed by atoms with Crippen molar-refractivity contribution in [1.29, 1.82) is 0 Å². The van der Waals surface area contributed by atoms with Crippen LogP contribution in [0.5, 0.6) is 5.75 Å². The highest BCUT2D eigenvalue weighted by molar-refractivity contribution is 5.73. The van der Waals surface area contributed by atoms with E-state index < -0.39 is 0 Å². The number of hydrogen-bond acceptors (Lipinski definition) is 1.